The topological polar surface area (TPSA) is 451 Å². The number of nitrogens with one attached hydrogen (secondary N) is 1. The summed E-state index contributed by atoms with van der Waals surface area (Å²) in [6.45, 7) is 17.8. The van der Waals surface area contributed by atoms with Gasteiger partial charge in [0.25, 0.3) is 0 Å². The van der Waals surface area contributed by atoms with Crippen LogP contribution in [0.5, 0.6) is 41.6 Å². The zero-order valence-corrected chi connectivity index (χ0v) is 69.1. The van der Waals surface area contributed by atoms with E-state index < -0.39 is 0 Å². The van der Waals surface area contributed by atoms with Gasteiger partial charge in [-0.2, -0.15) is 49.8 Å². The van der Waals surface area contributed by atoms with E-state index in [9.17, 15) is 4.79 Å². The van der Waals surface area contributed by atoms with Gasteiger partial charge in [-0.15, -0.1) is 0 Å². The zero-order valence-electron chi connectivity index (χ0n) is 69.1. The average Bonchev–Trinajstić information content (AvgIpc) is 1.66. The van der Waals surface area contributed by atoms with Crippen molar-refractivity contribution < 1.29 is 42.7 Å². The molecule has 5 aromatic carbocycles. The monoisotopic (exact) mass is 1660 g/mol. The van der Waals surface area contributed by atoms with Gasteiger partial charge in [0.1, 0.15) is 53.8 Å². The van der Waals surface area contributed by atoms with E-state index in [1.807, 2.05) is 109 Å². The number of carbonyl (C=O) groups excluding carboxylic acids is 1. The number of carbonyl (C=O) groups is 1. The molecule has 0 saturated heterocycles. The van der Waals surface area contributed by atoms with E-state index in [4.69, 9.17) is 66.6 Å². The minimum Gasteiger partial charge on any atom is -0.494 e. The van der Waals surface area contributed by atoms with Crippen molar-refractivity contribution in [2.75, 3.05) is 94.7 Å². The van der Waals surface area contributed by atoms with Crippen molar-refractivity contribution >= 4 is 90.8 Å². The molecule has 5 aliphatic heterocycles. The summed E-state index contributed by atoms with van der Waals surface area (Å²) in [6.07, 6.45) is 14.8. The second kappa shape index (κ2) is 37.8. The third-order valence-electron chi connectivity index (χ3n) is 20.7. The fourth-order valence-electron chi connectivity index (χ4n) is 14.6. The number of ether oxygens (including phenoxy) is 8. The zero-order chi connectivity index (χ0) is 84.9. The van der Waals surface area contributed by atoms with Crippen LogP contribution < -0.4 is 67.1 Å². The summed E-state index contributed by atoms with van der Waals surface area (Å²) in [5.74, 6) is 7.52. The van der Waals surface area contributed by atoms with E-state index in [-0.39, 0.29) is 17.9 Å². The van der Waals surface area contributed by atoms with E-state index >= 15 is 0 Å². The number of imidazole rings is 5. The molecule has 0 radical (unpaired) electrons. The first-order valence-corrected chi connectivity index (χ1v) is 40.9. The van der Waals surface area contributed by atoms with Crippen molar-refractivity contribution in [3.8, 4) is 41.6 Å². The first-order chi connectivity index (χ1) is 59.9. The van der Waals surface area contributed by atoms with E-state index in [1.165, 1.54) is 22.3 Å². The molecule has 35 nitrogen and oxygen atoms in total. The Morgan fingerprint density at radius 3 is 0.976 bits per heavy atom. The largest absolute Gasteiger partial charge is 0.494 e. The maximum atomic E-state index is 12.1. The van der Waals surface area contributed by atoms with Crippen LogP contribution in [0.2, 0.25) is 0 Å². The van der Waals surface area contributed by atoms with Crippen molar-refractivity contribution in [2.45, 2.75) is 119 Å². The lowest BCUT2D eigenvalue weighted by atomic mass is 10.1. The van der Waals surface area contributed by atoms with Gasteiger partial charge in [0, 0.05) is 6.54 Å². The van der Waals surface area contributed by atoms with E-state index in [0.29, 0.717) is 215 Å². The van der Waals surface area contributed by atoms with Crippen molar-refractivity contribution in [1.82, 2.24) is 103 Å². The van der Waals surface area contributed by atoms with Crippen LogP contribution in [0.4, 0.5) is 29.1 Å². The highest BCUT2D eigenvalue weighted by Crippen LogP contribution is 2.31. The Bertz CT molecular complexity index is 6260. The van der Waals surface area contributed by atoms with Gasteiger partial charge in [0.2, 0.25) is 5.91 Å². The molecule has 20 rings (SSSR count). The lowest BCUT2D eigenvalue weighted by Crippen LogP contribution is -2.27. The second-order valence-corrected chi connectivity index (χ2v) is 29.9. The summed E-state index contributed by atoms with van der Waals surface area (Å²) in [5, 5.41) is 2.90. The maximum Gasteiger partial charge on any atom is 0.320 e. The van der Waals surface area contributed by atoms with Gasteiger partial charge >= 0.3 is 30.1 Å². The van der Waals surface area contributed by atoms with Gasteiger partial charge in [-0.05, 0) is 148 Å². The molecule has 10 aromatic heterocycles. The van der Waals surface area contributed by atoms with Gasteiger partial charge in [-0.25, -0.2) is 24.9 Å². The summed E-state index contributed by atoms with van der Waals surface area (Å²) in [4.78, 5) is 78.2. The number of aromatic nitrogens is 20. The number of rotatable bonds is 0. The number of aryl methyl sites for hydroxylation is 5. The molecule has 0 fully saturated rings. The van der Waals surface area contributed by atoms with Gasteiger partial charge in [-0.1, -0.05) is 121 Å². The number of nitrogens with zero attached hydrogens (tertiary/aromatic N) is 20. The normalized spacial score (nSPS) is 15.4. The van der Waals surface area contributed by atoms with Crippen molar-refractivity contribution in [3.05, 3.63) is 219 Å². The number of fused-ring (bicyclic) bond motifs is 15. The molecule has 0 saturated carbocycles. The molecule has 0 atom stereocenters. The third kappa shape index (κ3) is 20.0. The SMILES string of the molecule is Cc1nc2c(N)nc3nc2n1Cc1cccc(c1)C/C=C/CCO3.Cc1nc2c(N)nc3nc2n1Cc1cccc(c1)C/C=C\CCO3.Cc1nc2c(N)nc3nc2n1Cc1cccc(c1)CC(=O)NCCCO3.Cc1nc2c(N)nc3nc2n1Cc1cccc(c1)OCCCCO3.Cc1nc2c(N)nc3nc2n1Cc1cccc(c1)OCCOCCO3. The number of anilines is 5. The molecule has 11 N–H and O–H groups in total. The molecular weight excluding hydrogens is 1570 g/mol. The summed E-state index contributed by atoms with van der Waals surface area (Å²) in [6, 6.07) is 42.5. The molecule has 632 valence electrons. The number of benzene rings is 5. The molecule has 0 spiro atoms. The molecule has 1 amide bonds. The molecule has 123 heavy (non-hydrogen) atoms. The number of hydrogen-bond acceptors (Lipinski definition) is 29. The lowest BCUT2D eigenvalue weighted by molar-refractivity contribution is -0.120. The Morgan fingerprint density at radius 1 is 0.301 bits per heavy atom. The van der Waals surface area contributed by atoms with Gasteiger partial charge in [0.15, 0.2) is 84.9 Å². The minimum absolute atomic E-state index is 0.000666. The highest BCUT2D eigenvalue weighted by atomic mass is 16.5. The number of amides is 1. The molecular formula is C88H96N26O9. The fraction of sp³-hybridized carbons (Fsp3) is 0.318. The molecule has 15 heterocycles. The van der Waals surface area contributed by atoms with Gasteiger partial charge < -0.3 is 94.7 Å². The van der Waals surface area contributed by atoms with Crippen molar-refractivity contribution in [1.29, 1.82) is 0 Å². The number of hydrogen-bond donors (Lipinski definition) is 6. The number of allylic oxidation sites excluding steroid dienone is 2. The van der Waals surface area contributed by atoms with E-state index in [2.05, 4.69) is 174 Å². The van der Waals surface area contributed by atoms with Crippen LogP contribution in [0.25, 0.3) is 55.8 Å². The molecule has 20 bridgehead atoms. The van der Waals surface area contributed by atoms with Crippen LogP contribution in [0.3, 0.4) is 0 Å². The van der Waals surface area contributed by atoms with E-state index in [1.54, 1.807) is 0 Å². The van der Waals surface area contributed by atoms with Crippen LogP contribution >= 0.6 is 0 Å². The van der Waals surface area contributed by atoms with Gasteiger partial charge in [0.05, 0.1) is 85.4 Å². The van der Waals surface area contributed by atoms with Crippen LogP contribution in [0.15, 0.2) is 146 Å². The molecule has 0 aliphatic carbocycles. The van der Waals surface area contributed by atoms with Crippen LogP contribution in [-0.2, 0) is 61.5 Å². The highest BCUT2D eigenvalue weighted by molar-refractivity contribution is 5.86. The maximum absolute atomic E-state index is 12.1. The summed E-state index contributed by atoms with van der Waals surface area (Å²) >= 11 is 0. The standard InChI is InChI=1S/C18H20N6O2.2C18H19N5O.C17H19N5O3.C17H19N5O2/c1-11-21-15-16(19)22-18-23-17(15)24(11)10-13-5-2-4-12(8-13)9-14(25)20-6-3-7-26-18;2*1-12-20-15-16(19)21-18-22-17(15)23(12)11-14-8-5-7-13(10-14)6-3-2-4-9-24-18;1-11-19-14-15(18)20-17-21-16(14)22(11)10-12-3-2-4-13(9-12)24-7-5-23-6-8-25-17;1-11-19-14-15(18)20-17-21-16(14)22(11)10-12-5-4-6-13(9-12)23-7-2-3-8-24-17/h2,4-5,8H,3,6-7,9-10H2,1H3,(H,20,25)(H2,19,22,23);2*2-3,5,7-8,10H,4,6,9,11H2,1H3,(H2,19,21,22);2-4,9H,5-8,10H2,1H3,(H2,18,20,21);4-6,9H,2-3,7-8,10H2,1H3,(H2,18,20,21)/b;3-2+;3-2-;;. The highest BCUT2D eigenvalue weighted by Gasteiger charge is 2.23. The van der Waals surface area contributed by atoms with Gasteiger partial charge in [-0.3, -0.25) is 4.79 Å². The first kappa shape index (κ1) is 82.1. The Kier molecular flexibility index (Phi) is 25.2. The summed E-state index contributed by atoms with van der Waals surface area (Å²) in [5.41, 5.74) is 45.9. The Balaban J connectivity index is 0.000000114. The molecule has 15 aromatic rings. The van der Waals surface area contributed by atoms with Crippen molar-refractivity contribution in [3.63, 3.8) is 0 Å². The Hall–Kier alpha value is -14.6. The number of nitrogen functional groups attached to an aromatic ring is 5. The molecule has 5 aliphatic rings. The minimum atomic E-state index is -0.000666. The van der Waals surface area contributed by atoms with Crippen LogP contribution in [-0.4, -0.2) is 170 Å². The first-order valence-electron chi connectivity index (χ1n) is 40.9. The quantitative estimate of drug-likeness (QED) is 0.0768. The molecule has 35 heteroatoms. The predicted octanol–water partition coefficient (Wildman–Crippen LogP) is 10.4. The Labute approximate surface area is 707 Å². The third-order valence-corrected chi connectivity index (χ3v) is 20.7. The Morgan fingerprint density at radius 2 is 0.593 bits per heavy atom. The predicted molar refractivity (Wildman–Crippen MR) is 465 cm³/mol. The summed E-state index contributed by atoms with van der Waals surface area (Å²) < 4.78 is 55.3. The fourth-order valence-corrected chi connectivity index (χ4v) is 14.6. The average molecular weight is 1660 g/mol. The second-order valence-electron chi connectivity index (χ2n) is 29.9. The van der Waals surface area contributed by atoms with E-state index in [0.717, 1.165) is 101 Å². The summed E-state index contributed by atoms with van der Waals surface area (Å²) in [7, 11) is 0. The van der Waals surface area contributed by atoms with Crippen LogP contribution in [0.1, 0.15) is 106 Å². The van der Waals surface area contributed by atoms with Crippen molar-refractivity contribution in [2.24, 2.45) is 0 Å². The van der Waals surface area contributed by atoms with Crippen LogP contribution in [0, 0.1) is 34.6 Å². The smallest absolute Gasteiger partial charge is 0.320 e. The number of nitrogens with two attached hydrogens (primary N) is 5. The lowest BCUT2D eigenvalue weighted by Gasteiger charge is -2.12. The molecule has 0 unspecified atom stereocenters.